The van der Waals surface area contributed by atoms with Crippen LogP contribution < -0.4 is 16.5 Å². The zero-order valence-electron chi connectivity index (χ0n) is 11.3. The van der Waals surface area contributed by atoms with Gasteiger partial charge in [-0.3, -0.25) is 5.01 Å². The van der Waals surface area contributed by atoms with E-state index in [1.807, 2.05) is 0 Å². The van der Waals surface area contributed by atoms with Crippen LogP contribution >= 0.6 is 23.2 Å². The molecule has 2 rings (SSSR count). The molecule has 0 radical (unpaired) electrons. The molecule has 0 aliphatic carbocycles. The number of halogens is 2. The molecule has 0 spiro atoms. The van der Waals surface area contributed by atoms with Gasteiger partial charge in [-0.25, -0.2) is 15.2 Å². The molecule has 0 fully saturated rings. The summed E-state index contributed by atoms with van der Waals surface area (Å²) < 4.78 is 1.33. The number of rotatable bonds is 4. The smallest absolute Gasteiger partial charge is 0.275 e. The number of aromatic nitrogens is 3. The van der Waals surface area contributed by atoms with Crippen LogP contribution in [0.3, 0.4) is 0 Å². The van der Waals surface area contributed by atoms with Gasteiger partial charge in [0.15, 0.2) is 0 Å². The highest BCUT2D eigenvalue weighted by Crippen LogP contribution is 2.24. The standard InChI is InChI=1S/C13H13Cl2N5O/c1-3-6-19(16)12-17-8(2)20(13(21)18-12)9-4-5-10(14)11(15)7-9/h3-5,7H,1,6,16H2,2H3. The molecule has 0 bridgehead atoms. The van der Waals surface area contributed by atoms with Crippen LogP contribution in [0, 0.1) is 6.92 Å². The van der Waals surface area contributed by atoms with E-state index in [9.17, 15) is 4.79 Å². The molecule has 1 heterocycles. The summed E-state index contributed by atoms with van der Waals surface area (Å²) in [6, 6.07) is 4.84. The van der Waals surface area contributed by atoms with E-state index >= 15 is 0 Å². The van der Waals surface area contributed by atoms with Crippen molar-refractivity contribution in [1.29, 1.82) is 0 Å². The largest absolute Gasteiger partial charge is 0.356 e. The van der Waals surface area contributed by atoms with Crippen LogP contribution in [0.4, 0.5) is 5.95 Å². The molecule has 0 aliphatic rings. The molecule has 6 nitrogen and oxygen atoms in total. The molecule has 0 atom stereocenters. The van der Waals surface area contributed by atoms with Gasteiger partial charge in [0, 0.05) is 0 Å². The van der Waals surface area contributed by atoms with Gasteiger partial charge in [-0.1, -0.05) is 29.3 Å². The molecule has 8 heteroatoms. The van der Waals surface area contributed by atoms with E-state index in [-0.39, 0.29) is 5.95 Å². The number of nitrogens with zero attached hydrogens (tertiary/aromatic N) is 4. The van der Waals surface area contributed by atoms with Crippen molar-refractivity contribution in [1.82, 2.24) is 14.5 Å². The second kappa shape index (κ2) is 6.26. The summed E-state index contributed by atoms with van der Waals surface area (Å²) >= 11 is 11.8. The van der Waals surface area contributed by atoms with E-state index in [2.05, 4.69) is 16.5 Å². The fraction of sp³-hybridized carbons (Fsp3) is 0.154. The van der Waals surface area contributed by atoms with Gasteiger partial charge < -0.3 is 0 Å². The SMILES string of the molecule is C=CCN(N)c1nc(C)n(-c2ccc(Cl)c(Cl)c2)c(=O)n1. The van der Waals surface area contributed by atoms with Crippen molar-refractivity contribution in [2.45, 2.75) is 6.92 Å². The maximum atomic E-state index is 12.2. The van der Waals surface area contributed by atoms with E-state index in [1.165, 1.54) is 9.58 Å². The lowest BCUT2D eigenvalue weighted by molar-refractivity contribution is 0.768. The van der Waals surface area contributed by atoms with Crippen molar-refractivity contribution in [2.75, 3.05) is 11.6 Å². The van der Waals surface area contributed by atoms with Crippen molar-refractivity contribution < 1.29 is 0 Å². The van der Waals surface area contributed by atoms with Crippen LogP contribution in [0.2, 0.25) is 10.0 Å². The van der Waals surface area contributed by atoms with Crippen molar-refractivity contribution in [3.63, 3.8) is 0 Å². The summed E-state index contributed by atoms with van der Waals surface area (Å²) in [6.45, 7) is 5.57. The third-order valence-corrected chi connectivity index (χ3v) is 3.46. The maximum absolute atomic E-state index is 12.2. The fourth-order valence-corrected chi connectivity index (χ4v) is 2.06. The lowest BCUT2D eigenvalue weighted by atomic mass is 10.3. The topological polar surface area (TPSA) is 77.0 Å². The first-order valence-electron chi connectivity index (χ1n) is 6.00. The molecule has 110 valence electrons. The van der Waals surface area contributed by atoms with E-state index in [1.54, 1.807) is 31.2 Å². The second-order valence-electron chi connectivity index (χ2n) is 4.23. The number of benzene rings is 1. The summed E-state index contributed by atoms with van der Waals surface area (Å²) in [6.07, 6.45) is 1.59. The summed E-state index contributed by atoms with van der Waals surface area (Å²) in [4.78, 5) is 20.3. The molecular weight excluding hydrogens is 313 g/mol. The summed E-state index contributed by atoms with van der Waals surface area (Å²) in [7, 11) is 0. The first-order valence-corrected chi connectivity index (χ1v) is 6.76. The highest BCUT2D eigenvalue weighted by Gasteiger charge is 2.12. The van der Waals surface area contributed by atoms with Gasteiger partial charge >= 0.3 is 5.69 Å². The van der Waals surface area contributed by atoms with E-state index in [0.717, 1.165) is 0 Å². The number of hydrogen-bond donors (Lipinski definition) is 1. The molecule has 0 saturated carbocycles. The highest BCUT2D eigenvalue weighted by atomic mass is 35.5. The quantitative estimate of drug-likeness (QED) is 0.529. The Balaban J connectivity index is 2.53. The normalized spacial score (nSPS) is 10.5. The van der Waals surface area contributed by atoms with Crippen molar-refractivity contribution in [3.8, 4) is 5.69 Å². The fourth-order valence-electron chi connectivity index (χ4n) is 1.76. The number of nitrogens with two attached hydrogens (primary N) is 1. The summed E-state index contributed by atoms with van der Waals surface area (Å²) in [5, 5.41) is 1.99. The van der Waals surface area contributed by atoms with Crippen LogP contribution in [0.1, 0.15) is 5.82 Å². The third-order valence-electron chi connectivity index (χ3n) is 2.72. The molecule has 21 heavy (non-hydrogen) atoms. The second-order valence-corrected chi connectivity index (χ2v) is 5.04. The molecule has 2 N–H and O–H groups in total. The Morgan fingerprint density at radius 3 is 2.67 bits per heavy atom. The van der Waals surface area contributed by atoms with Gasteiger partial charge in [-0.2, -0.15) is 9.97 Å². The predicted octanol–water partition coefficient (Wildman–Crippen LogP) is 2.11. The van der Waals surface area contributed by atoms with Gasteiger partial charge in [0.05, 0.1) is 22.3 Å². The number of anilines is 1. The van der Waals surface area contributed by atoms with Gasteiger partial charge in [-0.05, 0) is 25.1 Å². The molecule has 0 amide bonds. The Morgan fingerprint density at radius 2 is 2.10 bits per heavy atom. The molecule has 0 aliphatic heterocycles. The zero-order chi connectivity index (χ0) is 15.6. The lowest BCUT2D eigenvalue weighted by Gasteiger charge is -2.16. The van der Waals surface area contributed by atoms with Crippen molar-refractivity contribution in [3.05, 3.63) is 57.2 Å². The molecular formula is C13H13Cl2N5O. The van der Waals surface area contributed by atoms with E-state index in [0.29, 0.717) is 28.1 Å². The first kappa shape index (κ1) is 15.5. The molecule has 1 aromatic carbocycles. The van der Waals surface area contributed by atoms with Crippen LogP contribution in [-0.2, 0) is 0 Å². The van der Waals surface area contributed by atoms with E-state index < -0.39 is 5.69 Å². The Kier molecular flexibility index (Phi) is 4.62. The van der Waals surface area contributed by atoms with Gasteiger partial charge in [-0.15, -0.1) is 6.58 Å². The van der Waals surface area contributed by atoms with Crippen LogP contribution in [0.15, 0.2) is 35.6 Å². The van der Waals surface area contributed by atoms with Gasteiger partial charge in [0.2, 0.25) is 5.95 Å². The predicted molar refractivity (Wildman–Crippen MR) is 84.1 cm³/mol. The Bertz CT molecular complexity index is 744. The zero-order valence-corrected chi connectivity index (χ0v) is 12.8. The third kappa shape index (κ3) is 3.24. The maximum Gasteiger partial charge on any atom is 0.356 e. The minimum absolute atomic E-state index is 0.133. The van der Waals surface area contributed by atoms with Crippen molar-refractivity contribution in [2.24, 2.45) is 5.84 Å². The number of hydrogen-bond acceptors (Lipinski definition) is 5. The van der Waals surface area contributed by atoms with E-state index in [4.69, 9.17) is 29.0 Å². The van der Waals surface area contributed by atoms with Gasteiger partial charge in [0.1, 0.15) is 5.82 Å². The Morgan fingerprint density at radius 1 is 1.38 bits per heavy atom. The Labute approximate surface area is 131 Å². The monoisotopic (exact) mass is 325 g/mol. The minimum Gasteiger partial charge on any atom is -0.275 e. The first-order chi connectivity index (χ1) is 9.93. The number of aryl methyl sites for hydroxylation is 1. The Hall–Kier alpha value is -1.89. The van der Waals surface area contributed by atoms with Crippen molar-refractivity contribution >= 4 is 29.2 Å². The highest BCUT2D eigenvalue weighted by molar-refractivity contribution is 6.42. The average molecular weight is 326 g/mol. The van der Waals surface area contributed by atoms with Crippen LogP contribution in [0.5, 0.6) is 0 Å². The van der Waals surface area contributed by atoms with Gasteiger partial charge in [0.25, 0.3) is 0 Å². The molecule has 2 aromatic rings. The van der Waals surface area contributed by atoms with Crippen LogP contribution in [0.25, 0.3) is 5.69 Å². The molecule has 0 saturated heterocycles. The van der Waals surface area contributed by atoms with Crippen LogP contribution in [-0.4, -0.2) is 21.1 Å². The lowest BCUT2D eigenvalue weighted by Crippen LogP contribution is -2.36. The number of hydrazine groups is 1. The molecule has 0 unspecified atom stereocenters. The minimum atomic E-state index is -0.504. The summed E-state index contributed by atoms with van der Waals surface area (Å²) in [5.74, 6) is 6.29. The average Bonchev–Trinajstić information content (AvgIpc) is 2.42. The molecule has 1 aromatic heterocycles. The summed E-state index contributed by atoms with van der Waals surface area (Å²) in [5.41, 5.74) is 0.0288.